The summed E-state index contributed by atoms with van der Waals surface area (Å²) in [6.07, 6.45) is 3.04. The van der Waals surface area contributed by atoms with Crippen LogP contribution in [0.5, 0.6) is 0 Å². The quantitative estimate of drug-likeness (QED) is 0.699. The number of amides is 2. The lowest BCUT2D eigenvalue weighted by atomic mass is 10.0. The highest BCUT2D eigenvalue weighted by atomic mass is 32.1. The van der Waals surface area contributed by atoms with E-state index in [1.54, 1.807) is 16.2 Å². The van der Waals surface area contributed by atoms with Crippen LogP contribution in [0, 0.1) is 5.82 Å². The number of hydrogen-bond acceptors (Lipinski definition) is 5. The van der Waals surface area contributed by atoms with E-state index in [-0.39, 0.29) is 17.9 Å². The molecule has 2 saturated heterocycles. The van der Waals surface area contributed by atoms with E-state index in [1.165, 1.54) is 17.0 Å². The van der Waals surface area contributed by atoms with Gasteiger partial charge in [0.15, 0.2) is 0 Å². The number of piperidine rings is 1. The molecule has 2 aliphatic heterocycles. The molecule has 2 aliphatic rings. The number of anilines is 1. The first-order chi connectivity index (χ1) is 15.5. The Morgan fingerprint density at radius 1 is 0.969 bits per heavy atom. The highest BCUT2D eigenvalue weighted by Crippen LogP contribution is 2.30. The number of carbonyl (C=O) groups excluding carboxylic acids is 2. The number of nitrogens with one attached hydrogen (secondary N) is 1. The Kier molecular flexibility index (Phi) is 7.42. The Morgan fingerprint density at radius 2 is 1.66 bits per heavy atom. The van der Waals surface area contributed by atoms with Gasteiger partial charge in [-0.1, -0.05) is 6.07 Å². The summed E-state index contributed by atoms with van der Waals surface area (Å²) in [5.74, 6) is -1.15. The van der Waals surface area contributed by atoms with Gasteiger partial charge < -0.3 is 15.1 Å². The second kappa shape index (κ2) is 10.4. The smallest absolute Gasteiger partial charge is 0.311 e. The van der Waals surface area contributed by atoms with Crippen molar-refractivity contribution in [1.82, 2.24) is 15.1 Å². The van der Waals surface area contributed by atoms with Gasteiger partial charge >= 0.3 is 11.8 Å². The van der Waals surface area contributed by atoms with Gasteiger partial charge in [0.05, 0.1) is 6.04 Å². The molecule has 1 aromatic carbocycles. The second-order valence-electron chi connectivity index (χ2n) is 8.57. The SMILES string of the molecule is C[C@@H](NC(=O)C(=O)N1CCCCC1)[C@@H](c1cccs1)N1CCN(c2ccc(F)cc2)CC1. The normalized spacial score (nSPS) is 19.4. The summed E-state index contributed by atoms with van der Waals surface area (Å²) in [5.41, 5.74) is 1.02. The maximum atomic E-state index is 13.3. The van der Waals surface area contributed by atoms with Crippen LogP contribution < -0.4 is 10.2 Å². The van der Waals surface area contributed by atoms with Crippen LogP contribution in [-0.4, -0.2) is 66.9 Å². The molecule has 0 aliphatic carbocycles. The van der Waals surface area contributed by atoms with E-state index in [9.17, 15) is 14.0 Å². The zero-order valence-electron chi connectivity index (χ0n) is 18.5. The van der Waals surface area contributed by atoms with Gasteiger partial charge in [-0.25, -0.2) is 4.39 Å². The Labute approximate surface area is 193 Å². The van der Waals surface area contributed by atoms with Crippen LogP contribution in [0.4, 0.5) is 10.1 Å². The van der Waals surface area contributed by atoms with Crippen LogP contribution in [0.3, 0.4) is 0 Å². The lowest BCUT2D eigenvalue weighted by Crippen LogP contribution is -2.54. The molecule has 2 amide bonds. The molecular weight excluding hydrogens is 427 g/mol. The van der Waals surface area contributed by atoms with E-state index < -0.39 is 11.8 Å². The van der Waals surface area contributed by atoms with Crippen molar-refractivity contribution < 1.29 is 14.0 Å². The molecule has 1 N–H and O–H groups in total. The Balaban J connectivity index is 1.41. The van der Waals surface area contributed by atoms with Crippen molar-refractivity contribution in [1.29, 1.82) is 0 Å². The second-order valence-corrected chi connectivity index (χ2v) is 9.55. The van der Waals surface area contributed by atoms with Crippen molar-refractivity contribution >= 4 is 28.8 Å². The molecule has 2 atom stereocenters. The minimum absolute atomic E-state index is 0.00322. The molecule has 1 aromatic heterocycles. The van der Waals surface area contributed by atoms with Crippen molar-refractivity contribution in [3.05, 3.63) is 52.5 Å². The minimum atomic E-state index is -0.508. The third-order valence-electron chi connectivity index (χ3n) is 6.40. The molecular formula is C24H31FN4O2S. The molecule has 0 radical (unpaired) electrons. The average molecular weight is 459 g/mol. The third-order valence-corrected chi connectivity index (χ3v) is 7.35. The predicted octanol–water partition coefficient (Wildman–Crippen LogP) is 3.27. The third kappa shape index (κ3) is 5.30. The first-order valence-corrected chi connectivity index (χ1v) is 12.3. The lowest BCUT2D eigenvalue weighted by Gasteiger charge is -2.42. The van der Waals surface area contributed by atoms with Gasteiger partial charge in [0, 0.05) is 55.9 Å². The summed E-state index contributed by atoms with van der Waals surface area (Å²) in [5, 5.41) is 5.04. The summed E-state index contributed by atoms with van der Waals surface area (Å²) >= 11 is 1.67. The van der Waals surface area contributed by atoms with E-state index in [4.69, 9.17) is 0 Å². The number of carbonyl (C=O) groups is 2. The van der Waals surface area contributed by atoms with Gasteiger partial charge in [-0.2, -0.15) is 0 Å². The fourth-order valence-electron chi connectivity index (χ4n) is 4.70. The van der Waals surface area contributed by atoms with Crippen LogP contribution in [0.15, 0.2) is 41.8 Å². The van der Waals surface area contributed by atoms with E-state index in [0.717, 1.165) is 51.1 Å². The molecule has 2 fully saturated rings. The molecule has 3 heterocycles. The highest BCUT2D eigenvalue weighted by molar-refractivity contribution is 7.10. The number of piperazine rings is 1. The lowest BCUT2D eigenvalue weighted by molar-refractivity contribution is -0.147. The van der Waals surface area contributed by atoms with Crippen LogP contribution in [0.1, 0.15) is 37.1 Å². The number of likely N-dealkylation sites (tertiary alicyclic amines) is 1. The first-order valence-electron chi connectivity index (χ1n) is 11.4. The largest absolute Gasteiger partial charge is 0.369 e. The molecule has 4 rings (SSSR count). The molecule has 172 valence electrons. The molecule has 8 heteroatoms. The molecule has 2 aromatic rings. The van der Waals surface area contributed by atoms with Crippen molar-refractivity contribution in [2.45, 2.75) is 38.3 Å². The van der Waals surface area contributed by atoms with Crippen molar-refractivity contribution in [3.63, 3.8) is 0 Å². The zero-order valence-corrected chi connectivity index (χ0v) is 19.3. The number of thiophene rings is 1. The Morgan fingerprint density at radius 3 is 2.28 bits per heavy atom. The molecule has 0 saturated carbocycles. The fraction of sp³-hybridized carbons (Fsp3) is 0.500. The minimum Gasteiger partial charge on any atom is -0.369 e. The predicted molar refractivity (Wildman–Crippen MR) is 125 cm³/mol. The summed E-state index contributed by atoms with van der Waals surface area (Å²) in [6, 6.07) is 10.5. The molecule has 0 unspecified atom stereocenters. The molecule has 0 bridgehead atoms. The van der Waals surface area contributed by atoms with Crippen LogP contribution in [0.2, 0.25) is 0 Å². The van der Waals surface area contributed by atoms with Gasteiger partial charge in [0.25, 0.3) is 0 Å². The Hall–Kier alpha value is -2.45. The maximum Gasteiger partial charge on any atom is 0.311 e. The zero-order chi connectivity index (χ0) is 22.5. The summed E-state index contributed by atoms with van der Waals surface area (Å²) in [4.78, 5) is 32.8. The maximum absolute atomic E-state index is 13.3. The molecule has 32 heavy (non-hydrogen) atoms. The summed E-state index contributed by atoms with van der Waals surface area (Å²) in [7, 11) is 0. The van der Waals surface area contributed by atoms with Crippen molar-refractivity contribution in [2.24, 2.45) is 0 Å². The van der Waals surface area contributed by atoms with Gasteiger partial charge in [0.2, 0.25) is 0 Å². The van der Waals surface area contributed by atoms with E-state index in [1.807, 2.05) is 30.5 Å². The molecule has 0 spiro atoms. The fourth-order valence-corrected chi connectivity index (χ4v) is 5.66. The number of halogens is 1. The number of rotatable bonds is 5. The number of hydrogen-bond donors (Lipinski definition) is 1. The van der Waals surface area contributed by atoms with Gasteiger partial charge in [-0.15, -0.1) is 11.3 Å². The first kappa shape index (κ1) is 22.7. The topological polar surface area (TPSA) is 55.9 Å². The van der Waals surface area contributed by atoms with Gasteiger partial charge in [0.1, 0.15) is 5.82 Å². The van der Waals surface area contributed by atoms with E-state index in [0.29, 0.717) is 13.1 Å². The summed E-state index contributed by atoms with van der Waals surface area (Å²) < 4.78 is 13.3. The number of nitrogens with zero attached hydrogens (tertiary/aromatic N) is 3. The Bertz CT molecular complexity index is 891. The van der Waals surface area contributed by atoms with Crippen molar-refractivity contribution in [2.75, 3.05) is 44.2 Å². The average Bonchev–Trinajstić information content (AvgIpc) is 3.34. The van der Waals surface area contributed by atoms with Gasteiger partial charge in [-0.3, -0.25) is 14.5 Å². The molecule has 6 nitrogen and oxygen atoms in total. The highest BCUT2D eigenvalue weighted by Gasteiger charge is 2.33. The summed E-state index contributed by atoms with van der Waals surface area (Å²) in [6.45, 7) is 6.60. The van der Waals surface area contributed by atoms with Crippen molar-refractivity contribution in [3.8, 4) is 0 Å². The van der Waals surface area contributed by atoms with Crippen LogP contribution in [0.25, 0.3) is 0 Å². The van der Waals surface area contributed by atoms with Crippen LogP contribution >= 0.6 is 11.3 Å². The van der Waals surface area contributed by atoms with E-state index >= 15 is 0 Å². The monoisotopic (exact) mass is 458 g/mol. The standard InChI is InChI=1S/C24H31FN4O2S/c1-18(26-23(30)24(31)29-11-3-2-4-12-29)22(21-6-5-17-32-21)28-15-13-27(14-16-28)20-9-7-19(25)8-10-20/h5-10,17-18,22H,2-4,11-16H2,1H3,(H,26,30)/t18-,22+/m1/s1. The van der Waals surface area contributed by atoms with Crippen LogP contribution in [-0.2, 0) is 9.59 Å². The number of benzene rings is 1. The van der Waals surface area contributed by atoms with E-state index in [2.05, 4.69) is 21.2 Å². The van der Waals surface area contributed by atoms with Gasteiger partial charge in [-0.05, 0) is 61.9 Å².